The van der Waals surface area contributed by atoms with E-state index in [1.807, 2.05) is 4.90 Å². The molecule has 5 nitrogen and oxygen atoms in total. The number of hydrogen-bond acceptors (Lipinski definition) is 4. The summed E-state index contributed by atoms with van der Waals surface area (Å²) in [5.74, 6) is 0. The van der Waals surface area contributed by atoms with Crippen LogP contribution in [0.1, 0.15) is 0 Å². The van der Waals surface area contributed by atoms with E-state index in [0.717, 1.165) is 0 Å². The van der Waals surface area contributed by atoms with Gasteiger partial charge in [-0.1, -0.05) is 29.3 Å². The highest BCUT2D eigenvalue weighted by Crippen LogP contribution is 2.31. The zero-order chi connectivity index (χ0) is 14.8. The molecule has 1 aromatic carbocycles. The van der Waals surface area contributed by atoms with Gasteiger partial charge in [0.2, 0.25) is 10.0 Å². The number of benzene rings is 1. The Morgan fingerprint density at radius 2 is 1.70 bits per heavy atom. The zero-order valence-corrected chi connectivity index (χ0v) is 12.9. The minimum Gasteiger partial charge on any atom is -0.288 e. The van der Waals surface area contributed by atoms with Crippen LogP contribution in [-0.4, -0.2) is 50.3 Å². The largest absolute Gasteiger partial charge is 0.288 e. The zero-order valence-electron chi connectivity index (χ0n) is 10.6. The maximum absolute atomic E-state index is 12.6. The molecule has 0 atom stereocenters. The Balaban J connectivity index is 2.23. The first kappa shape index (κ1) is 15.5. The second-order valence-corrected chi connectivity index (χ2v) is 7.08. The minimum absolute atomic E-state index is 0.0444. The van der Waals surface area contributed by atoms with Crippen LogP contribution in [-0.2, 0) is 10.0 Å². The Morgan fingerprint density at radius 1 is 1.15 bits per heavy atom. The summed E-state index contributed by atoms with van der Waals surface area (Å²) >= 11 is 11.9. The van der Waals surface area contributed by atoms with Gasteiger partial charge in [-0.2, -0.15) is 9.57 Å². The number of piperazine rings is 1. The first-order chi connectivity index (χ1) is 9.46. The molecule has 0 aromatic heterocycles. The molecule has 0 saturated carbocycles. The molecule has 0 bridgehead atoms. The normalized spacial score (nSPS) is 17.9. The third-order valence-electron chi connectivity index (χ3n) is 3.14. The molecule has 1 fully saturated rings. The third kappa shape index (κ3) is 3.08. The second kappa shape index (κ2) is 6.29. The lowest BCUT2D eigenvalue weighted by Gasteiger charge is -2.32. The Kier molecular flexibility index (Phi) is 4.89. The van der Waals surface area contributed by atoms with Crippen molar-refractivity contribution in [1.29, 1.82) is 5.26 Å². The van der Waals surface area contributed by atoms with E-state index in [-0.39, 0.29) is 14.9 Å². The molecule has 108 valence electrons. The predicted octanol–water partition coefficient (Wildman–Crippen LogP) is 1.82. The van der Waals surface area contributed by atoms with E-state index in [0.29, 0.717) is 32.7 Å². The Hall–Kier alpha value is -0.840. The van der Waals surface area contributed by atoms with E-state index in [9.17, 15) is 8.42 Å². The van der Waals surface area contributed by atoms with Crippen molar-refractivity contribution in [1.82, 2.24) is 9.21 Å². The van der Waals surface area contributed by atoms with Crippen LogP contribution in [0.2, 0.25) is 10.0 Å². The van der Waals surface area contributed by atoms with Crippen molar-refractivity contribution in [3.05, 3.63) is 28.2 Å². The summed E-state index contributed by atoms with van der Waals surface area (Å²) < 4.78 is 26.5. The lowest BCUT2D eigenvalue weighted by Crippen LogP contribution is -2.48. The van der Waals surface area contributed by atoms with Crippen molar-refractivity contribution in [3.8, 4) is 6.07 Å². The van der Waals surface area contributed by atoms with Gasteiger partial charge in [-0.15, -0.1) is 0 Å². The van der Waals surface area contributed by atoms with E-state index >= 15 is 0 Å². The molecule has 20 heavy (non-hydrogen) atoms. The highest BCUT2D eigenvalue weighted by molar-refractivity contribution is 7.89. The van der Waals surface area contributed by atoms with Crippen molar-refractivity contribution in [2.75, 3.05) is 32.7 Å². The Morgan fingerprint density at radius 3 is 2.20 bits per heavy atom. The summed E-state index contributed by atoms with van der Waals surface area (Å²) in [5, 5.41) is 8.88. The summed E-state index contributed by atoms with van der Waals surface area (Å²) in [6.45, 7) is 2.00. The van der Waals surface area contributed by atoms with Crippen molar-refractivity contribution in [2.45, 2.75) is 4.90 Å². The lowest BCUT2D eigenvalue weighted by molar-refractivity contribution is 0.206. The van der Waals surface area contributed by atoms with Crippen LogP contribution in [0, 0.1) is 11.3 Å². The van der Waals surface area contributed by atoms with Gasteiger partial charge >= 0.3 is 0 Å². The summed E-state index contributed by atoms with van der Waals surface area (Å²) in [5.41, 5.74) is 0. The number of sulfonamides is 1. The van der Waals surface area contributed by atoms with Crippen LogP contribution >= 0.6 is 23.2 Å². The fourth-order valence-electron chi connectivity index (χ4n) is 2.09. The molecule has 0 unspecified atom stereocenters. The quantitative estimate of drug-likeness (QED) is 0.791. The molecular formula is C12H13Cl2N3O2S. The summed E-state index contributed by atoms with van der Waals surface area (Å²) in [6.07, 6.45) is 0. The van der Waals surface area contributed by atoms with Gasteiger partial charge in [-0.05, 0) is 12.1 Å². The highest BCUT2D eigenvalue weighted by Gasteiger charge is 2.31. The van der Waals surface area contributed by atoms with E-state index in [1.54, 1.807) is 6.07 Å². The van der Waals surface area contributed by atoms with E-state index in [4.69, 9.17) is 28.5 Å². The molecule has 0 radical (unpaired) electrons. The monoisotopic (exact) mass is 333 g/mol. The van der Waals surface area contributed by atoms with Crippen molar-refractivity contribution in [2.24, 2.45) is 0 Å². The predicted molar refractivity (Wildman–Crippen MR) is 77.3 cm³/mol. The number of nitriles is 1. The molecule has 0 amide bonds. The maximum Gasteiger partial charge on any atom is 0.246 e. The average molecular weight is 334 g/mol. The lowest BCUT2D eigenvalue weighted by atomic mass is 10.4. The molecule has 1 aliphatic rings. The Labute approximate surface area is 128 Å². The van der Waals surface area contributed by atoms with Crippen LogP contribution in [0.25, 0.3) is 0 Å². The van der Waals surface area contributed by atoms with Gasteiger partial charge in [0.15, 0.2) is 0 Å². The highest BCUT2D eigenvalue weighted by atomic mass is 35.5. The summed E-state index contributed by atoms with van der Waals surface area (Å²) in [4.78, 5) is 1.86. The molecule has 1 aliphatic heterocycles. The molecule has 8 heteroatoms. The van der Waals surface area contributed by atoms with Gasteiger partial charge in [0, 0.05) is 26.2 Å². The smallest absolute Gasteiger partial charge is 0.246 e. The van der Waals surface area contributed by atoms with Crippen LogP contribution in [0.3, 0.4) is 0 Å². The first-order valence-electron chi connectivity index (χ1n) is 6.00. The van der Waals surface area contributed by atoms with E-state index in [1.165, 1.54) is 16.4 Å². The van der Waals surface area contributed by atoms with Gasteiger partial charge < -0.3 is 0 Å². The van der Waals surface area contributed by atoms with Crippen LogP contribution in [0.4, 0.5) is 0 Å². The number of nitrogens with zero attached hydrogens (tertiary/aromatic N) is 3. The molecule has 0 spiro atoms. The molecular weight excluding hydrogens is 321 g/mol. The minimum atomic E-state index is -3.70. The van der Waals surface area contributed by atoms with Crippen LogP contribution in [0.5, 0.6) is 0 Å². The molecule has 0 aliphatic carbocycles. The van der Waals surface area contributed by atoms with Crippen LogP contribution in [0.15, 0.2) is 23.1 Å². The topological polar surface area (TPSA) is 64.4 Å². The molecule has 1 saturated heterocycles. The van der Waals surface area contributed by atoms with E-state index < -0.39 is 10.0 Å². The number of hydrogen-bond donors (Lipinski definition) is 0. The standard InChI is InChI=1S/C12H13Cl2N3O2S/c13-10-2-1-3-11(14)12(10)20(18,19)17-8-6-16(5-4-15)7-9-17/h1-3H,5-9H2. The van der Waals surface area contributed by atoms with Crippen molar-refractivity contribution < 1.29 is 8.42 Å². The number of rotatable bonds is 3. The summed E-state index contributed by atoms with van der Waals surface area (Å²) in [7, 11) is -3.70. The van der Waals surface area contributed by atoms with Crippen molar-refractivity contribution in [3.63, 3.8) is 0 Å². The molecule has 1 heterocycles. The molecule has 2 rings (SSSR count). The van der Waals surface area contributed by atoms with Gasteiger partial charge in [-0.3, -0.25) is 4.90 Å². The number of halogens is 2. The fourth-order valence-corrected chi connectivity index (χ4v) is 4.60. The third-order valence-corrected chi connectivity index (χ3v) is 6.00. The summed E-state index contributed by atoms with van der Waals surface area (Å²) in [6, 6.07) is 6.67. The fraction of sp³-hybridized carbons (Fsp3) is 0.417. The first-order valence-corrected chi connectivity index (χ1v) is 8.20. The van der Waals surface area contributed by atoms with Gasteiger partial charge in [0.1, 0.15) is 4.90 Å². The average Bonchev–Trinajstić information content (AvgIpc) is 2.39. The SMILES string of the molecule is N#CCN1CCN(S(=O)(=O)c2c(Cl)cccc2Cl)CC1. The van der Waals surface area contributed by atoms with E-state index in [2.05, 4.69) is 6.07 Å². The van der Waals surface area contributed by atoms with Gasteiger partial charge in [0.25, 0.3) is 0 Å². The second-order valence-electron chi connectivity index (χ2n) is 4.39. The molecule has 1 aromatic rings. The van der Waals surface area contributed by atoms with Gasteiger partial charge in [-0.25, -0.2) is 8.42 Å². The maximum atomic E-state index is 12.6. The van der Waals surface area contributed by atoms with Gasteiger partial charge in [0.05, 0.1) is 22.7 Å². The molecule has 0 N–H and O–H groups in total. The van der Waals surface area contributed by atoms with Crippen LogP contribution < -0.4 is 0 Å². The van der Waals surface area contributed by atoms with Crippen molar-refractivity contribution >= 4 is 33.2 Å². The Bertz CT molecular complexity index is 614.